The van der Waals surface area contributed by atoms with Gasteiger partial charge in [0, 0.05) is 5.41 Å². The first-order valence-electron chi connectivity index (χ1n) is 9.46. The molecule has 1 fully saturated rings. The molecule has 1 saturated heterocycles. The number of benzene rings is 1. The van der Waals surface area contributed by atoms with Crippen LogP contribution in [0.15, 0.2) is 35.9 Å². The van der Waals surface area contributed by atoms with Crippen molar-refractivity contribution in [1.82, 2.24) is 0 Å². The minimum absolute atomic E-state index is 0.0615. The Kier molecular flexibility index (Phi) is 7.06. The molecule has 0 spiro atoms. The van der Waals surface area contributed by atoms with Gasteiger partial charge in [0.2, 0.25) is 0 Å². The van der Waals surface area contributed by atoms with E-state index in [-0.39, 0.29) is 17.8 Å². The van der Waals surface area contributed by atoms with Crippen LogP contribution in [0.25, 0.3) is 6.08 Å². The van der Waals surface area contributed by atoms with Gasteiger partial charge in [-0.25, -0.2) is 0 Å². The fourth-order valence-corrected chi connectivity index (χ4v) is 3.58. The third-order valence-corrected chi connectivity index (χ3v) is 4.78. The molecule has 0 N–H and O–H groups in total. The summed E-state index contributed by atoms with van der Waals surface area (Å²) in [4.78, 5) is 0. The molecule has 2 atom stereocenters. The molecule has 134 valence electrons. The van der Waals surface area contributed by atoms with Gasteiger partial charge >= 0.3 is 0 Å². The van der Waals surface area contributed by atoms with Gasteiger partial charge < -0.3 is 9.47 Å². The predicted octanol–water partition coefficient (Wildman–Crippen LogP) is 6.07. The van der Waals surface area contributed by atoms with Crippen LogP contribution in [-0.4, -0.2) is 19.0 Å². The summed E-state index contributed by atoms with van der Waals surface area (Å²) in [7, 11) is 0. The summed E-state index contributed by atoms with van der Waals surface area (Å²) in [6, 6.07) is 10.5. The van der Waals surface area contributed by atoms with Crippen LogP contribution in [0.5, 0.6) is 0 Å². The standard InChI is InChI=1S/C22H34O2/c1-6-7-9-14-19(15-18-12-10-8-11-13-18)21-23-16-22(4,5)20(24-21)17(2)3/h8,10-13,15,17,20-21H,6-7,9,14,16H2,1-5H3. The summed E-state index contributed by atoms with van der Waals surface area (Å²) in [5.74, 6) is 0.486. The number of rotatable bonds is 7. The fraction of sp³-hybridized carbons (Fsp3) is 0.636. The SMILES string of the molecule is CCCCCC(=Cc1ccccc1)C1OCC(C)(C)C(C(C)C)O1. The molecular weight excluding hydrogens is 296 g/mol. The maximum Gasteiger partial charge on any atom is 0.180 e. The highest BCUT2D eigenvalue weighted by atomic mass is 16.7. The third-order valence-electron chi connectivity index (χ3n) is 4.78. The number of ether oxygens (including phenoxy) is 2. The third kappa shape index (κ3) is 5.19. The molecule has 2 heteroatoms. The Labute approximate surface area is 148 Å². The molecule has 2 rings (SSSR count). The second-order valence-electron chi connectivity index (χ2n) is 8.02. The van der Waals surface area contributed by atoms with Gasteiger partial charge in [-0.1, -0.05) is 83.9 Å². The molecule has 0 amide bonds. The summed E-state index contributed by atoms with van der Waals surface area (Å²) in [6.45, 7) is 12.0. The fourth-order valence-electron chi connectivity index (χ4n) is 3.58. The van der Waals surface area contributed by atoms with Crippen LogP contribution in [0.2, 0.25) is 0 Å². The van der Waals surface area contributed by atoms with Crippen LogP contribution >= 0.6 is 0 Å². The van der Waals surface area contributed by atoms with Crippen molar-refractivity contribution in [1.29, 1.82) is 0 Å². The molecule has 0 aliphatic carbocycles. The average Bonchev–Trinajstić information content (AvgIpc) is 2.54. The maximum absolute atomic E-state index is 6.44. The molecule has 0 aromatic heterocycles. The molecule has 1 aliphatic heterocycles. The molecule has 2 nitrogen and oxygen atoms in total. The Morgan fingerprint density at radius 2 is 1.92 bits per heavy atom. The van der Waals surface area contributed by atoms with E-state index in [1.54, 1.807) is 0 Å². The van der Waals surface area contributed by atoms with E-state index in [0.29, 0.717) is 5.92 Å². The summed E-state index contributed by atoms with van der Waals surface area (Å²) in [5.41, 5.74) is 2.56. The molecule has 2 unspecified atom stereocenters. The van der Waals surface area contributed by atoms with Crippen molar-refractivity contribution in [3.63, 3.8) is 0 Å². The summed E-state index contributed by atoms with van der Waals surface area (Å²) in [5, 5.41) is 0. The van der Waals surface area contributed by atoms with E-state index in [9.17, 15) is 0 Å². The molecule has 0 bridgehead atoms. The van der Waals surface area contributed by atoms with E-state index >= 15 is 0 Å². The largest absolute Gasteiger partial charge is 0.348 e. The lowest BCUT2D eigenvalue weighted by Gasteiger charge is -2.44. The first-order valence-corrected chi connectivity index (χ1v) is 9.46. The van der Waals surface area contributed by atoms with Crippen molar-refractivity contribution in [2.24, 2.45) is 11.3 Å². The van der Waals surface area contributed by atoms with Crippen LogP contribution in [0, 0.1) is 11.3 Å². The van der Waals surface area contributed by atoms with E-state index in [0.717, 1.165) is 13.0 Å². The first-order chi connectivity index (χ1) is 11.4. The Hall–Kier alpha value is -1.12. The highest BCUT2D eigenvalue weighted by molar-refractivity contribution is 5.53. The van der Waals surface area contributed by atoms with Crippen LogP contribution in [0.1, 0.15) is 65.9 Å². The molecule has 1 heterocycles. The smallest absolute Gasteiger partial charge is 0.180 e. The average molecular weight is 331 g/mol. The summed E-state index contributed by atoms with van der Waals surface area (Å²) < 4.78 is 12.6. The van der Waals surface area contributed by atoms with E-state index in [2.05, 4.69) is 71.0 Å². The van der Waals surface area contributed by atoms with Crippen molar-refractivity contribution in [3.8, 4) is 0 Å². The summed E-state index contributed by atoms with van der Waals surface area (Å²) in [6.07, 6.45) is 6.98. The molecule has 24 heavy (non-hydrogen) atoms. The Bertz CT molecular complexity index is 516. The van der Waals surface area contributed by atoms with Gasteiger partial charge in [-0.3, -0.25) is 0 Å². The van der Waals surface area contributed by atoms with Crippen LogP contribution in [-0.2, 0) is 9.47 Å². The molecule has 1 aromatic carbocycles. The van der Waals surface area contributed by atoms with Gasteiger partial charge in [0.05, 0.1) is 12.7 Å². The van der Waals surface area contributed by atoms with Crippen LogP contribution < -0.4 is 0 Å². The van der Waals surface area contributed by atoms with Crippen molar-refractivity contribution >= 4 is 6.08 Å². The van der Waals surface area contributed by atoms with Gasteiger partial charge in [0.1, 0.15) is 0 Å². The number of hydrogen-bond acceptors (Lipinski definition) is 2. The van der Waals surface area contributed by atoms with Gasteiger partial charge in [0.25, 0.3) is 0 Å². The minimum Gasteiger partial charge on any atom is -0.348 e. The lowest BCUT2D eigenvalue weighted by Crippen LogP contribution is -2.48. The van der Waals surface area contributed by atoms with Crippen molar-refractivity contribution in [2.45, 2.75) is 72.7 Å². The van der Waals surface area contributed by atoms with Gasteiger partial charge in [-0.05, 0) is 29.9 Å². The lowest BCUT2D eigenvalue weighted by atomic mass is 9.80. The van der Waals surface area contributed by atoms with E-state index in [4.69, 9.17) is 9.47 Å². The second kappa shape index (κ2) is 8.82. The first kappa shape index (κ1) is 19.2. The van der Waals surface area contributed by atoms with E-state index < -0.39 is 0 Å². The Morgan fingerprint density at radius 3 is 2.54 bits per heavy atom. The Balaban J connectivity index is 2.18. The molecule has 0 saturated carbocycles. The van der Waals surface area contributed by atoms with Crippen LogP contribution in [0.3, 0.4) is 0 Å². The number of unbranched alkanes of at least 4 members (excludes halogenated alkanes) is 2. The van der Waals surface area contributed by atoms with Crippen LogP contribution in [0.4, 0.5) is 0 Å². The minimum atomic E-state index is -0.206. The van der Waals surface area contributed by atoms with Crippen molar-refractivity contribution in [3.05, 3.63) is 41.5 Å². The topological polar surface area (TPSA) is 18.5 Å². The predicted molar refractivity (Wildman–Crippen MR) is 102 cm³/mol. The molecule has 1 aliphatic rings. The van der Waals surface area contributed by atoms with Crippen molar-refractivity contribution < 1.29 is 9.47 Å². The highest BCUT2D eigenvalue weighted by Crippen LogP contribution is 2.37. The molecule has 0 radical (unpaired) electrons. The summed E-state index contributed by atoms with van der Waals surface area (Å²) >= 11 is 0. The zero-order valence-electron chi connectivity index (χ0n) is 16.0. The van der Waals surface area contributed by atoms with E-state index in [1.165, 1.54) is 30.4 Å². The van der Waals surface area contributed by atoms with Crippen molar-refractivity contribution in [2.75, 3.05) is 6.61 Å². The Morgan fingerprint density at radius 1 is 1.21 bits per heavy atom. The maximum atomic E-state index is 6.44. The quantitative estimate of drug-likeness (QED) is 0.565. The highest BCUT2D eigenvalue weighted by Gasteiger charge is 2.40. The van der Waals surface area contributed by atoms with Gasteiger partial charge in [-0.2, -0.15) is 0 Å². The molecular formula is C22H34O2. The lowest BCUT2D eigenvalue weighted by molar-refractivity contribution is -0.254. The zero-order chi connectivity index (χ0) is 17.6. The number of hydrogen-bond donors (Lipinski definition) is 0. The van der Waals surface area contributed by atoms with Gasteiger partial charge in [0.15, 0.2) is 6.29 Å². The zero-order valence-corrected chi connectivity index (χ0v) is 16.0. The molecule has 1 aromatic rings. The van der Waals surface area contributed by atoms with E-state index in [1.807, 2.05) is 0 Å². The normalized spacial score (nSPS) is 24.3. The van der Waals surface area contributed by atoms with Gasteiger partial charge in [-0.15, -0.1) is 0 Å². The monoisotopic (exact) mass is 330 g/mol. The second-order valence-corrected chi connectivity index (χ2v) is 8.02.